The predicted octanol–water partition coefficient (Wildman–Crippen LogP) is 3.78. The van der Waals surface area contributed by atoms with Crippen LogP contribution in [0.5, 0.6) is 17.2 Å². The quantitative estimate of drug-likeness (QED) is 0.879. The molecule has 1 N–H and O–H groups in total. The molecule has 0 radical (unpaired) electrons. The van der Waals surface area contributed by atoms with Crippen LogP contribution in [0, 0.1) is 0 Å². The van der Waals surface area contributed by atoms with Gasteiger partial charge < -0.3 is 19.5 Å². The van der Waals surface area contributed by atoms with Gasteiger partial charge in [-0.05, 0) is 36.8 Å². The lowest BCUT2D eigenvalue weighted by Gasteiger charge is -2.24. The van der Waals surface area contributed by atoms with E-state index in [2.05, 4.69) is 0 Å². The Morgan fingerprint density at radius 2 is 1.92 bits per heavy atom. The average molecular weight is 376 g/mol. The van der Waals surface area contributed by atoms with Crippen LogP contribution in [0.1, 0.15) is 28.3 Å². The first-order valence-electron chi connectivity index (χ1n) is 8.05. The Bertz CT molecular complexity index is 848. The second-order valence-electron chi connectivity index (χ2n) is 6.17. The number of halogens is 1. The van der Waals surface area contributed by atoms with E-state index in [0.29, 0.717) is 46.4 Å². The molecule has 0 spiro atoms. The van der Waals surface area contributed by atoms with Gasteiger partial charge >= 0.3 is 5.97 Å². The second-order valence-corrected chi connectivity index (χ2v) is 6.58. The Hall–Kier alpha value is -2.73. The van der Waals surface area contributed by atoms with Crippen LogP contribution in [0.3, 0.4) is 0 Å². The molecule has 2 aromatic carbocycles. The average Bonchev–Trinajstić information content (AvgIpc) is 2.61. The van der Waals surface area contributed by atoms with Crippen LogP contribution < -0.4 is 9.47 Å². The lowest BCUT2D eigenvalue weighted by Crippen LogP contribution is -2.21. The van der Waals surface area contributed by atoms with Crippen molar-refractivity contribution >= 4 is 23.5 Å². The van der Waals surface area contributed by atoms with E-state index in [-0.39, 0.29) is 5.91 Å². The Morgan fingerprint density at radius 3 is 2.54 bits per heavy atom. The Morgan fingerprint density at radius 1 is 1.23 bits per heavy atom. The number of carboxylic acids is 1. The maximum Gasteiger partial charge on any atom is 0.311 e. The van der Waals surface area contributed by atoms with E-state index in [4.69, 9.17) is 21.1 Å². The van der Waals surface area contributed by atoms with Crippen molar-refractivity contribution in [3.63, 3.8) is 0 Å². The third-order valence-electron chi connectivity index (χ3n) is 4.14. The van der Waals surface area contributed by atoms with Gasteiger partial charge in [0.25, 0.3) is 5.91 Å². The van der Waals surface area contributed by atoms with Crippen LogP contribution in [-0.4, -0.2) is 42.6 Å². The van der Waals surface area contributed by atoms with Crippen molar-refractivity contribution in [1.82, 2.24) is 4.90 Å². The van der Waals surface area contributed by atoms with E-state index >= 15 is 0 Å². The number of nitrogens with zero attached hydrogens (tertiary/aromatic N) is 1. The summed E-state index contributed by atoms with van der Waals surface area (Å²) >= 11 is 6.27. The molecule has 136 valence electrons. The van der Waals surface area contributed by atoms with E-state index < -0.39 is 11.9 Å². The zero-order valence-electron chi connectivity index (χ0n) is 14.4. The van der Waals surface area contributed by atoms with Gasteiger partial charge in [-0.1, -0.05) is 11.6 Å². The lowest BCUT2D eigenvalue weighted by molar-refractivity contribution is -0.139. The zero-order valence-corrected chi connectivity index (χ0v) is 15.1. The minimum absolute atomic E-state index is 0.100. The molecule has 0 saturated carbocycles. The molecule has 1 heterocycles. The maximum absolute atomic E-state index is 11.9. The van der Waals surface area contributed by atoms with Gasteiger partial charge in [-0.25, -0.2) is 0 Å². The van der Waals surface area contributed by atoms with Crippen molar-refractivity contribution < 1.29 is 24.2 Å². The standard InChI is InChI=1S/C19H18ClNO5/c1-21(2)18(22)11-3-5-12(6-4-11)26-17-10-16-14(9-15(17)20)13(19(23)24)7-8-25-16/h3-6,9-10,13H,7-8H2,1-2H3,(H,23,24). The molecule has 0 saturated heterocycles. The molecule has 1 unspecified atom stereocenters. The number of ether oxygens (including phenoxy) is 2. The zero-order chi connectivity index (χ0) is 18.8. The van der Waals surface area contributed by atoms with Crippen LogP contribution in [0.25, 0.3) is 0 Å². The van der Waals surface area contributed by atoms with Gasteiger partial charge in [0.05, 0.1) is 17.5 Å². The highest BCUT2D eigenvalue weighted by atomic mass is 35.5. The smallest absolute Gasteiger partial charge is 0.311 e. The maximum atomic E-state index is 11.9. The fourth-order valence-electron chi connectivity index (χ4n) is 2.78. The van der Waals surface area contributed by atoms with E-state index in [1.807, 2.05) is 0 Å². The molecule has 3 rings (SSSR count). The molecule has 1 amide bonds. The Labute approximate surface area is 155 Å². The first-order valence-corrected chi connectivity index (χ1v) is 8.43. The summed E-state index contributed by atoms with van der Waals surface area (Å²) in [5.41, 5.74) is 1.10. The number of hydrogen-bond acceptors (Lipinski definition) is 4. The fourth-order valence-corrected chi connectivity index (χ4v) is 2.99. The van der Waals surface area contributed by atoms with E-state index in [0.717, 1.165) is 0 Å². The SMILES string of the molecule is CN(C)C(=O)c1ccc(Oc2cc3c(cc2Cl)C(C(=O)O)CCO3)cc1. The second kappa shape index (κ2) is 7.25. The summed E-state index contributed by atoms with van der Waals surface area (Å²) in [6.07, 6.45) is 0.403. The number of rotatable bonds is 4. The minimum atomic E-state index is -0.902. The summed E-state index contributed by atoms with van der Waals surface area (Å²) in [5, 5.41) is 9.63. The largest absolute Gasteiger partial charge is 0.493 e. The van der Waals surface area contributed by atoms with Gasteiger partial charge in [0.15, 0.2) is 0 Å². The number of fused-ring (bicyclic) bond motifs is 1. The first kappa shape index (κ1) is 18.1. The summed E-state index contributed by atoms with van der Waals surface area (Å²) in [5.74, 6) is -0.308. The summed E-state index contributed by atoms with van der Waals surface area (Å²) in [6.45, 7) is 0.326. The fraction of sp³-hybridized carbons (Fsp3) is 0.263. The molecule has 1 aliphatic heterocycles. The molecule has 0 bridgehead atoms. The summed E-state index contributed by atoms with van der Waals surface area (Å²) in [6, 6.07) is 9.86. The molecule has 26 heavy (non-hydrogen) atoms. The van der Waals surface area contributed by atoms with Crippen molar-refractivity contribution in [2.75, 3.05) is 20.7 Å². The minimum Gasteiger partial charge on any atom is -0.493 e. The highest BCUT2D eigenvalue weighted by molar-refractivity contribution is 6.32. The van der Waals surface area contributed by atoms with Gasteiger partial charge in [-0.15, -0.1) is 0 Å². The Balaban J connectivity index is 1.85. The molecule has 7 heteroatoms. The van der Waals surface area contributed by atoms with Crippen molar-refractivity contribution in [2.45, 2.75) is 12.3 Å². The van der Waals surface area contributed by atoms with Crippen molar-refractivity contribution in [3.05, 3.63) is 52.5 Å². The molecule has 0 aromatic heterocycles. The lowest BCUT2D eigenvalue weighted by atomic mass is 9.93. The van der Waals surface area contributed by atoms with Crippen LogP contribution in [0.15, 0.2) is 36.4 Å². The van der Waals surface area contributed by atoms with Gasteiger partial charge in [0.1, 0.15) is 17.2 Å². The normalized spacial score (nSPS) is 15.6. The molecule has 1 aliphatic rings. The van der Waals surface area contributed by atoms with E-state index in [9.17, 15) is 14.7 Å². The van der Waals surface area contributed by atoms with Gasteiger partial charge in [-0.2, -0.15) is 0 Å². The van der Waals surface area contributed by atoms with Crippen molar-refractivity contribution in [1.29, 1.82) is 0 Å². The third-order valence-corrected chi connectivity index (χ3v) is 4.43. The van der Waals surface area contributed by atoms with Gasteiger partial charge in [-0.3, -0.25) is 9.59 Å². The highest BCUT2D eigenvalue weighted by Gasteiger charge is 2.29. The number of benzene rings is 2. The molecule has 6 nitrogen and oxygen atoms in total. The molecule has 0 fully saturated rings. The Kier molecular flexibility index (Phi) is 5.04. The molecule has 0 aliphatic carbocycles. The summed E-state index contributed by atoms with van der Waals surface area (Å²) < 4.78 is 11.3. The van der Waals surface area contributed by atoms with Crippen LogP contribution in [0.4, 0.5) is 0 Å². The van der Waals surface area contributed by atoms with Gasteiger partial charge in [0.2, 0.25) is 0 Å². The van der Waals surface area contributed by atoms with Crippen LogP contribution in [0.2, 0.25) is 5.02 Å². The van der Waals surface area contributed by atoms with Crippen molar-refractivity contribution in [3.8, 4) is 17.2 Å². The third kappa shape index (κ3) is 3.60. The predicted molar refractivity (Wildman–Crippen MR) is 96.5 cm³/mol. The molecule has 1 atom stereocenters. The van der Waals surface area contributed by atoms with E-state index in [1.54, 1.807) is 50.5 Å². The topological polar surface area (TPSA) is 76.1 Å². The summed E-state index contributed by atoms with van der Waals surface area (Å²) in [4.78, 5) is 24.8. The highest BCUT2D eigenvalue weighted by Crippen LogP contribution is 2.41. The number of hydrogen-bond donors (Lipinski definition) is 1. The molecule has 2 aromatic rings. The van der Waals surface area contributed by atoms with Crippen molar-refractivity contribution in [2.24, 2.45) is 0 Å². The first-order chi connectivity index (χ1) is 12.4. The summed E-state index contributed by atoms with van der Waals surface area (Å²) in [7, 11) is 3.37. The molecular formula is C19H18ClNO5. The number of aliphatic carboxylic acids is 1. The number of carbonyl (C=O) groups excluding carboxylic acids is 1. The molecular weight excluding hydrogens is 358 g/mol. The number of carboxylic acid groups (broad SMARTS) is 1. The van der Waals surface area contributed by atoms with Gasteiger partial charge in [0, 0.05) is 31.3 Å². The van der Waals surface area contributed by atoms with Crippen LogP contribution in [-0.2, 0) is 4.79 Å². The van der Waals surface area contributed by atoms with Crippen LogP contribution >= 0.6 is 11.6 Å². The number of amides is 1. The monoisotopic (exact) mass is 375 g/mol. The van der Waals surface area contributed by atoms with E-state index in [1.165, 1.54) is 4.90 Å². The number of carbonyl (C=O) groups is 2.